The van der Waals surface area contributed by atoms with Gasteiger partial charge in [0.05, 0.1) is 25.8 Å². The van der Waals surface area contributed by atoms with Crippen LogP contribution in [0.1, 0.15) is 55.7 Å². The van der Waals surface area contributed by atoms with Gasteiger partial charge in [0.1, 0.15) is 10.6 Å². The fourth-order valence-corrected chi connectivity index (χ4v) is 7.58. The summed E-state index contributed by atoms with van der Waals surface area (Å²) >= 11 is 0. The van der Waals surface area contributed by atoms with Crippen LogP contribution >= 0.6 is 0 Å². The molecule has 7 heteroatoms. The number of hydrogen-bond acceptors (Lipinski definition) is 5. The first-order chi connectivity index (χ1) is 16.5. The minimum absolute atomic E-state index is 0.0245. The van der Waals surface area contributed by atoms with Gasteiger partial charge in [-0.2, -0.15) is 4.31 Å². The van der Waals surface area contributed by atoms with E-state index in [2.05, 4.69) is 17.2 Å². The second-order valence-electron chi connectivity index (χ2n) is 9.50. The first-order valence-electron chi connectivity index (χ1n) is 12.2. The van der Waals surface area contributed by atoms with Crippen molar-refractivity contribution >= 4 is 15.7 Å². The molecule has 0 amide bonds. The van der Waals surface area contributed by atoms with Crippen LogP contribution in [-0.4, -0.2) is 44.1 Å². The van der Waals surface area contributed by atoms with Crippen molar-refractivity contribution in [3.05, 3.63) is 53.6 Å². The van der Waals surface area contributed by atoms with Crippen LogP contribution in [0, 0.1) is 23.7 Å². The van der Waals surface area contributed by atoms with Crippen LogP contribution < -0.4 is 10.1 Å². The zero-order valence-corrected chi connectivity index (χ0v) is 20.4. The normalized spacial score (nSPS) is 24.9. The molecule has 0 spiro atoms. The van der Waals surface area contributed by atoms with Gasteiger partial charge < -0.3 is 15.2 Å². The van der Waals surface area contributed by atoms with Crippen molar-refractivity contribution in [2.45, 2.75) is 55.5 Å². The summed E-state index contributed by atoms with van der Waals surface area (Å²) in [6.07, 6.45) is 6.79. The number of anilines is 1. The van der Waals surface area contributed by atoms with E-state index in [1.54, 1.807) is 28.6 Å². The molecule has 1 saturated heterocycles. The van der Waals surface area contributed by atoms with E-state index in [0.29, 0.717) is 24.6 Å². The van der Waals surface area contributed by atoms with Crippen LogP contribution in [0.25, 0.3) is 0 Å². The molecule has 3 atom stereocenters. The molecule has 2 N–H and O–H groups in total. The third-order valence-electron chi connectivity index (χ3n) is 7.50. The zero-order valence-electron chi connectivity index (χ0n) is 19.5. The summed E-state index contributed by atoms with van der Waals surface area (Å²) < 4.78 is 34.6. The second-order valence-corrected chi connectivity index (χ2v) is 11.4. The Labute approximate surface area is 202 Å². The number of benzene rings is 2. The van der Waals surface area contributed by atoms with Crippen molar-refractivity contribution < 1.29 is 18.3 Å². The van der Waals surface area contributed by atoms with Crippen LogP contribution in [-0.2, 0) is 10.0 Å². The van der Waals surface area contributed by atoms with Gasteiger partial charge in [0, 0.05) is 29.6 Å². The van der Waals surface area contributed by atoms with Crippen LogP contribution in [0.4, 0.5) is 5.69 Å². The van der Waals surface area contributed by atoms with E-state index in [1.165, 1.54) is 26.4 Å². The van der Waals surface area contributed by atoms with Gasteiger partial charge in [0.2, 0.25) is 10.0 Å². The maximum absolute atomic E-state index is 13.8. The number of methoxy groups -OCH3 is 1. The summed E-state index contributed by atoms with van der Waals surface area (Å²) in [4.78, 5) is 0.173. The Morgan fingerprint density at radius 2 is 1.91 bits per heavy atom. The number of para-hydroxylation sites is 1. The number of hydrogen-bond donors (Lipinski definition) is 2. The molecule has 180 valence electrons. The maximum atomic E-state index is 13.8. The highest BCUT2D eigenvalue weighted by molar-refractivity contribution is 7.89. The average Bonchev–Trinajstić information content (AvgIpc) is 3.34. The first-order valence-corrected chi connectivity index (χ1v) is 13.6. The van der Waals surface area contributed by atoms with Gasteiger partial charge in [-0.1, -0.05) is 43.2 Å². The number of nitrogens with zero attached hydrogens (tertiary/aromatic N) is 1. The van der Waals surface area contributed by atoms with Gasteiger partial charge in [-0.05, 0) is 55.2 Å². The molecule has 1 aliphatic carbocycles. The summed E-state index contributed by atoms with van der Waals surface area (Å²) in [7, 11) is -2.32. The molecule has 5 rings (SSSR count). The van der Waals surface area contributed by atoms with Crippen molar-refractivity contribution in [1.29, 1.82) is 0 Å². The van der Waals surface area contributed by atoms with Gasteiger partial charge in [0.25, 0.3) is 0 Å². The standard InChI is InChI=1S/C27H32N2O4S/c1-33-25-9-5-6-10-26(25)34(31,32)29-16-15-21-24(18-30)28-23-14-13-20(17-22(23)27(21)29)12-11-19-7-3-2-4-8-19/h5-6,9-10,13-14,17,19,21,24,27-28,30H,2-4,7-8,15-16,18H2,1H3/t21-,24+,27-/m0/s1. The molecule has 0 aromatic heterocycles. The fourth-order valence-electron chi connectivity index (χ4n) is 5.76. The molecule has 0 unspecified atom stereocenters. The molecule has 0 bridgehead atoms. The Morgan fingerprint density at radius 3 is 2.68 bits per heavy atom. The summed E-state index contributed by atoms with van der Waals surface area (Å²) in [6, 6.07) is 12.2. The minimum atomic E-state index is -3.81. The van der Waals surface area contributed by atoms with Crippen molar-refractivity contribution in [2.24, 2.45) is 11.8 Å². The Balaban J connectivity index is 1.54. The second kappa shape index (κ2) is 9.61. The molecule has 2 heterocycles. The van der Waals surface area contributed by atoms with E-state index in [-0.39, 0.29) is 29.5 Å². The number of aliphatic hydroxyl groups is 1. The van der Waals surface area contributed by atoms with E-state index in [1.807, 2.05) is 18.2 Å². The van der Waals surface area contributed by atoms with Crippen LogP contribution in [0.5, 0.6) is 5.75 Å². The number of ether oxygens (including phenoxy) is 1. The van der Waals surface area contributed by atoms with Gasteiger partial charge in [-0.25, -0.2) is 8.42 Å². The van der Waals surface area contributed by atoms with Crippen molar-refractivity contribution in [3.63, 3.8) is 0 Å². The Kier molecular flexibility index (Phi) is 6.57. The van der Waals surface area contributed by atoms with Gasteiger partial charge in [-0.3, -0.25) is 0 Å². The Hall–Kier alpha value is -2.53. The molecule has 2 aliphatic heterocycles. The predicted octanol–water partition coefficient (Wildman–Crippen LogP) is 4.17. The van der Waals surface area contributed by atoms with Gasteiger partial charge in [0.15, 0.2) is 0 Å². The molecular formula is C27H32N2O4S. The van der Waals surface area contributed by atoms with E-state index in [4.69, 9.17) is 4.74 Å². The molecular weight excluding hydrogens is 448 g/mol. The molecule has 34 heavy (non-hydrogen) atoms. The Bertz CT molecular complexity index is 1210. The summed E-state index contributed by atoms with van der Waals surface area (Å²) in [5, 5.41) is 13.5. The van der Waals surface area contributed by atoms with Crippen molar-refractivity contribution in [1.82, 2.24) is 4.31 Å². The molecule has 2 aromatic rings. The lowest BCUT2D eigenvalue weighted by atomic mass is 9.83. The quantitative estimate of drug-likeness (QED) is 0.643. The minimum Gasteiger partial charge on any atom is -0.495 e. The lowest BCUT2D eigenvalue weighted by Crippen LogP contribution is -2.42. The lowest BCUT2D eigenvalue weighted by molar-refractivity contribution is 0.210. The molecule has 2 fully saturated rings. The summed E-state index contributed by atoms with van der Waals surface area (Å²) in [6.45, 7) is 0.345. The van der Waals surface area contributed by atoms with Crippen molar-refractivity contribution in [3.8, 4) is 17.6 Å². The highest BCUT2D eigenvalue weighted by Gasteiger charge is 2.49. The number of aliphatic hydroxyl groups excluding tert-OH is 1. The topological polar surface area (TPSA) is 78.9 Å². The molecule has 2 aromatic carbocycles. The van der Waals surface area contributed by atoms with E-state index >= 15 is 0 Å². The summed E-state index contributed by atoms with van der Waals surface area (Å²) in [5.41, 5.74) is 2.71. The lowest BCUT2D eigenvalue weighted by Gasteiger charge is -2.39. The fraction of sp³-hybridized carbons (Fsp3) is 0.481. The smallest absolute Gasteiger partial charge is 0.247 e. The SMILES string of the molecule is COc1ccccc1S(=O)(=O)N1CC[C@@H]2[C@H]1c1cc(C#CC3CCCCC3)ccc1N[C@@H]2CO. The van der Waals surface area contributed by atoms with Crippen LogP contribution in [0.2, 0.25) is 0 Å². The molecule has 0 radical (unpaired) electrons. The molecule has 1 saturated carbocycles. The van der Waals surface area contributed by atoms with E-state index in [0.717, 1.165) is 29.7 Å². The maximum Gasteiger partial charge on any atom is 0.247 e. The predicted molar refractivity (Wildman–Crippen MR) is 132 cm³/mol. The zero-order chi connectivity index (χ0) is 23.7. The largest absolute Gasteiger partial charge is 0.495 e. The van der Waals surface area contributed by atoms with Crippen LogP contribution in [0.15, 0.2) is 47.4 Å². The highest BCUT2D eigenvalue weighted by atomic mass is 32.2. The number of rotatable bonds is 4. The monoisotopic (exact) mass is 480 g/mol. The van der Waals surface area contributed by atoms with E-state index < -0.39 is 10.0 Å². The average molecular weight is 481 g/mol. The highest BCUT2D eigenvalue weighted by Crippen LogP contribution is 2.49. The number of sulfonamides is 1. The van der Waals surface area contributed by atoms with Gasteiger partial charge in [-0.15, -0.1) is 0 Å². The summed E-state index contributed by atoms with van der Waals surface area (Å²) in [5.74, 6) is 7.57. The van der Waals surface area contributed by atoms with Gasteiger partial charge >= 0.3 is 0 Å². The third kappa shape index (κ3) is 4.19. The third-order valence-corrected chi connectivity index (χ3v) is 9.43. The first kappa shape index (κ1) is 23.2. The molecule has 6 nitrogen and oxygen atoms in total. The number of fused-ring (bicyclic) bond motifs is 3. The molecule has 3 aliphatic rings. The van der Waals surface area contributed by atoms with E-state index in [9.17, 15) is 13.5 Å². The number of nitrogens with one attached hydrogen (secondary N) is 1. The Morgan fingerprint density at radius 1 is 1.12 bits per heavy atom. The van der Waals surface area contributed by atoms with Crippen molar-refractivity contribution in [2.75, 3.05) is 25.6 Å². The van der Waals surface area contributed by atoms with Crippen LogP contribution in [0.3, 0.4) is 0 Å².